The van der Waals surface area contributed by atoms with Gasteiger partial charge in [0.15, 0.2) is 0 Å². The number of hydrogen-bond acceptors (Lipinski definition) is 2. The Morgan fingerprint density at radius 3 is 2.47 bits per heavy atom. The van der Waals surface area contributed by atoms with Crippen LogP contribution in [0.1, 0.15) is 13.3 Å². The molecule has 0 radical (unpaired) electrons. The quantitative estimate of drug-likeness (QED) is 0.618. The fraction of sp³-hybridized carbons (Fsp3) is 0.300. The molecule has 0 aliphatic carbocycles. The van der Waals surface area contributed by atoms with Gasteiger partial charge in [0.2, 0.25) is 0 Å². The fourth-order valence-corrected chi connectivity index (χ4v) is 0.947. The standard InChI is InChI=1S/C10H12F2N2O/c1-2-9(13)14-7-3-5-8(6-4-7)15-10(11)12/h3-6,10H,2H2,1H3,(H2,13,14). The van der Waals surface area contributed by atoms with E-state index in [0.29, 0.717) is 17.9 Å². The summed E-state index contributed by atoms with van der Waals surface area (Å²) in [6.07, 6.45) is 0.648. The summed E-state index contributed by atoms with van der Waals surface area (Å²) in [6, 6.07) is 5.99. The maximum Gasteiger partial charge on any atom is 0.387 e. The highest BCUT2D eigenvalue weighted by molar-refractivity contribution is 5.82. The first-order valence-electron chi connectivity index (χ1n) is 4.49. The topological polar surface area (TPSA) is 47.6 Å². The lowest BCUT2D eigenvalue weighted by Gasteiger charge is -2.03. The Morgan fingerprint density at radius 2 is 2.00 bits per heavy atom. The summed E-state index contributed by atoms with van der Waals surface area (Å²) in [4.78, 5) is 4.05. The molecule has 0 heterocycles. The second kappa shape index (κ2) is 5.29. The molecule has 5 heteroatoms. The molecule has 0 aromatic heterocycles. The van der Waals surface area contributed by atoms with Gasteiger partial charge in [0.05, 0.1) is 11.5 Å². The molecule has 0 spiro atoms. The van der Waals surface area contributed by atoms with Gasteiger partial charge < -0.3 is 10.5 Å². The molecule has 0 aliphatic heterocycles. The minimum atomic E-state index is -2.81. The van der Waals surface area contributed by atoms with E-state index in [1.807, 2.05) is 6.92 Å². The van der Waals surface area contributed by atoms with Crippen LogP contribution in [0.15, 0.2) is 29.3 Å². The van der Waals surface area contributed by atoms with Crippen LogP contribution in [0.3, 0.4) is 0 Å². The number of ether oxygens (including phenoxy) is 1. The van der Waals surface area contributed by atoms with Crippen LogP contribution >= 0.6 is 0 Å². The van der Waals surface area contributed by atoms with Gasteiger partial charge in [0.25, 0.3) is 0 Å². The van der Waals surface area contributed by atoms with Crippen molar-refractivity contribution in [1.29, 1.82) is 0 Å². The molecule has 82 valence electrons. The molecule has 1 aromatic carbocycles. The number of rotatable bonds is 4. The first-order chi connectivity index (χ1) is 7.11. The van der Waals surface area contributed by atoms with Crippen LogP contribution in [0.4, 0.5) is 14.5 Å². The van der Waals surface area contributed by atoms with Crippen molar-refractivity contribution in [2.75, 3.05) is 0 Å². The zero-order chi connectivity index (χ0) is 11.3. The maximum absolute atomic E-state index is 11.8. The third kappa shape index (κ3) is 3.93. The number of benzene rings is 1. The number of hydrogen-bond donors (Lipinski definition) is 1. The molecule has 0 bridgehead atoms. The Balaban J connectivity index is 2.72. The van der Waals surface area contributed by atoms with Gasteiger partial charge in [0.1, 0.15) is 5.75 Å². The molecule has 1 rings (SSSR count). The van der Waals surface area contributed by atoms with E-state index in [2.05, 4.69) is 9.73 Å². The molecule has 0 aliphatic rings. The molecular weight excluding hydrogens is 202 g/mol. The second-order valence-corrected chi connectivity index (χ2v) is 2.83. The normalized spacial score (nSPS) is 11.9. The van der Waals surface area contributed by atoms with Crippen LogP contribution in [-0.2, 0) is 0 Å². The Morgan fingerprint density at radius 1 is 1.40 bits per heavy atom. The van der Waals surface area contributed by atoms with Gasteiger partial charge in [-0.3, -0.25) is 0 Å². The largest absolute Gasteiger partial charge is 0.435 e. The summed E-state index contributed by atoms with van der Waals surface area (Å²) >= 11 is 0. The molecular formula is C10H12F2N2O. The summed E-state index contributed by atoms with van der Waals surface area (Å²) < 4.78 is 27.8. The number of aliphatic imine (C=N–C) groups is 1. The second-order valence-electron chi connectivity index (χ2n) is 2.83. The van der Waals surface area contributed by atoms with Crippen molar-refractivity contribution in [3.05, 3.63) is 24.3 Å². The van der Waals surface area contributed by atoms with E-state index in [4.69, 9.17) is 5.73 Å². The van der Waals surface area contributed by atoms with Crippen LogP contribution in [0, 0.1) is 0 Å². The minimum Gasteiger partial charge on any atom is -0.435 e. The molecule has 0 amide bonds. The van der Waals surface area contributed by atoms with Crippen molar-refractivity contribution in [1.82, 2.24) is 0 Å². The van der Waals surface area contributed by atoms with E-state index in [9.17, 15) is 8.78 Å². The maximum atomic E-state index is 11.8. The summed E-state index contributed by atoms with van der Waals surface area (Å²) in [5, 5.41) is 0. The first-order valence-corrected chi connectivity index (χ1v) is 4.49. The van der Waals surface area contributed by atoms with Gasteiger partial charge >= 0.3 is 6.61 Å². The molecule has 0 unspecified atom stereocenters. The van der Waals surface area contributed by atoms with Crippen LogP contribution in [0.25, 0.3) is 0 Å². The van der Waals surface area contributed by atoms with E-state index >= 15 is 0 Å². The zero-order valence-corrected chi connectivity index (χ0v) is 8.28. The SMILES string of the molecule is CCC(N)=Nc1ccc(OC(F)F)cc1. The van der Waals surface area contributed by atoms with Crippen LogP contribution in [0.2, 0.25) is 0 Å². The summed E-state index contributed by atoms with van der Waals surface area (Å²) in [5.74, 6) is 0.608. The molecule has 15 heavy (non-hydrogen) atoms. The summed E-state index contributed by atoms with van der Waals surface area (Å²) in [7, 11) is 0. The molecule has 0 saturated heterocycles. The molecule has 0 fully saturated rings. The Bertz CT molecular complexity index is 336. The van der Waals surface area contributed by atoms with Crippen molar-refractivity contribution in [2.24, 2.45) is 10.7 Å². The lowest BCUT2D eigenvalue weighted by atomic mass is 10.3. The average molecular weight is 214 g/mol. The third-order valence-electron chi connectivity index (χ3n) is 1.70. The van der Waals surface area contributed by atoms with Crippen LogP contribution < -0.4 is 10.5 Å². The number of nitrogens with zero attached hydrogens (tertiary/aromatic N) is 1. The Labute approximate surface area is 86.6 Å². The third-order valence-corrected chi connectivity index (χ3v) is 1.70. The number of amidine groups is 1. The predicted octanol–water partition coefficient (Wildman–Crippen LogP) is 2.69. The first kappa shape index (κ1) is 11.4. The van der Waals surface area contributed by atoms with Gasteiger partial charge in [-0.15, -0.1) is 0 Å². The van der Waals surface area contributed by atoms with Crippen molar-refractivity contribution in [3.63, 3.8) is 0 Å². The summed E-state index contributed by atoms with van der Waals surface area (Å²) in [5.41, 5.74) is 6.14. The molecule has 3 nitrogen and oxygen atoms in total. The van der Waals surface area contributed by atoms with Gasteiger partial charge in [-0.05, 0) is 24.3 Å². The predicted molar refractivity (Wildman–Crippen MR) is 54.6 cm³/mol. The van der Waals surface area contributed by atoms with Gasteiger partial charge in [-0.2, -0.15) is 8.78 Å². The zero-order valence-electron chi connectivity index (χ0n) is 8.28. The summed E-state index contributed by atoms with van der Waals surface area (Å²) in [6.45, 7) is -0.923. The average Bonchev–Trinajstić information content (AvgIpc) is 2.20. The van der Waals surface area contributed by atoms with E-state index in [-0.39, 0.29) is 5.75 Å². The Hall–Kier alpha value is -1.65. The number of alkyl halides is 2. The van der Waals surface area contributed by atoms with Crippen molar-refractivity contribution < 1.29 is 13.5 Å². The minimum absolute atomic E-state index is 0.110. The van der Waals surface area contributed by atoms with E-state index < -0.39 is 6.61 Å². The van der Waals surface area contributed by atoms with Crippen LogP contribution in [-0.4, -0.2) is 12.4 Å². The highest BCUT2D eigenvalue weighted by atomic mass is 19.3. The highest BCUT2D eigenvalue weighted by Crippen LogP contribution is 2.19. The fourth-order valence-electron chi connectivity index (χ4n) is 0.947. The van der Waals surface area contributed by atoms with Crippen LogP contribution in [0.5, 0.6) is 5.75 Å². The molecule has 1 aromatic rings. The monoisotopic (exact) mass is 214 g/mol. The highest BCUT2D eigenvalue weighted by Gasteiger charge is 2.03. The lowest BCUT2D eigenvalue weighted by Crippen LogP contribution is -2.08. The van der Waals surface area contributed by atoms with E-state index in [1.165, 1.54) is 12.1 Å². The smallest absolute Gasteiger partial charge is 0.387 e. The van der Waals surface area contributed by atoms with Gasteiger partial charge in [-0.1, -0.05) is 6.92 Å². The number of nitrogens with two attached hydrogens (primary N) is 1. The van der Waals surface area contributed by atoms with E-state index in [0.717, 1.165) is 0 Å². The van der Waals surface area contributed by atoms with Gasteiger partial charge in [0, 0.05) is 6.42 Å². The molecule has 0 atom stereocenters. The molecule has 0 saturated carbocycles. The van der Waals surface area contributed by atoms with Crippen molar-refractivity contribution in [2.45, 2.75) is 20.0 Å². The van der Waals surface area contributed by atoms with E-state index in [1.54, 1.807) is 12.1 Å². The number of halogens is 2. The lowest BCUT2D eigenvalue weighted by molar-refractivity contribution is -0.0498. The molecule has 2 N–H and O–H groups in total. The Kier molecular flexibility index (Phi) is 4.03. The van der Waals surface area contributed by atoms with Crippen molar-refractivity contribution >= 4 is 11.5 Å². The van der Waals surface area contributed by atoms with Crippen molar-refractivity contribution in [3.8, 4) is 5.75 Å². The van der Waals surface area contributed by atoms with Gasteiger partial charge in [-0.25, -0.2) is 4.99 Å².